The zero-order chi connectivity index (χ0) is 12.7. The van der Waals surface area contributed by atoms with E-state index in [1.165, 1.54) is 13.2 Å². The minimum absolute atomic E-state index is 0.138. The van der Waals surface area contributed by atoms with Gasteiger partial charge in [0, 0.05) is 0 Å². The van der Waals surface area contributed by atoms with Gasteiger partial charge in [-0.3, -0.25) is 0 Å². The molecule has 0 heterocycles. The van der Waals surface area contributed by atoms with Crippen molar-refractivity contribution in [3.8, 4) is 0 Å². The lowest BCUT2D eigenvalue weighted by Crippen LogP contribution is -2.13. The van der Waals surface area contributed by atoms with Crippen LogP contribution in [-0.4, -0.2) is 30.8 Å². The molecule has 0 radical (unpaired) electrons. The molecule has 1 aromatic carbocycles. The highest BCUT2D eigenvalue weighted by atomic mass is 16.6. The SMILES string of the molecule is COC(=O)/C(=C/c1ccccc1)OCC(=O)O. The molecule has 0 aliphatic carbocycles. The third-order valence-corrected chi connectivity index (χ3v) is 1.84. The minimum atomic E-state index is -1.16. The summed E-state index contributed by atoms with van der Waals surface area (Å²) in [5.74, 6) is -2.01. The quantitative estimate of drug-likeness (QED) is 0.474. The fourth-order valence-corrected chi connectivity index (χ4v) is 1.10. The smallest absolute Gasteiger partial charge is 0.373 e. The molecule has 0 amide bonds. The Bertz CT molecular complexity index is 422. The summed E-state index contributed by atoms with van der Waals surface area (Å²) in [4.78, 5) is 21.7. The molecule has 0 atom stereocenters. The molecule has 90 valence electrons. The molecule has 1 rings (SSSR count). The van der Waals surface area contributed by atoms with Gasteiger partial charge in [-0.05, 0) is 11.6 Å². The van der Waals surface area contributed by atoms with E-state index in [2.05, 4.69) is 4.74 Å². The van der Waals surface area contributed by atoms with Crippen LogP contribution in [0.15, 0.2) is 36.1 Å². The monoisotopic (exact) mass is 236 g/mol. The number of carboxylic acids is 1. The van der Waals surface area contributed by atoms with Gasteiger partial charge in [-0.1, -0.05) is 30.3 Å². The van der Waals surface area contributed by atoms with Crippen LogP contribution in [0.5, 0.6) is 0 Å². The van der Waals surface area contributed by atoms with Crippen molar-refractivity contribution < 1.29 is 24.2 Å². The molecular formula is C12H12O5. The number of hydrogen-bond acceptors (Lipinski definition) is 4. The number of carbonyl (C=O) groups excluding carboxylic acids is 1. The number of carboxylic acid groups (broad SMARTS) is 1. The molecule has 1 aromatic rings. The van der Waals surface area contributed by atoms with Crippen molar-refractivity contribution in [1.82, 2.24) is 0 Å². The van der Waals surface area contributed by atoms with Crippen LogP contribution in [0, 0.1) is 0 Å². The number of carbonyl (C=O) groups is 2. The molecule has 0 spiro atoms. The van der Waals surface area contributed by atoms with E-state index < -0.39 is 18.5 Å². The summed E-state index contributed by atoms with van der Waals surface area (Å²) in [6, 6.07) is 8.92. The number of rotatable bonds is 5. The van der Waals surface area contributed by atoms with Gasteiger partial charge in [-0.25, -0.2) is 9.59 Å². The summed E-state index contributed by atoms with van der Waals surface area (Å²) in [5.41, 5.74) is 0.721. The first-order chi connectivity index (χ1) is 8.13. The number of aliphatic carboxylic acids is 1. The van der Waals surface area contributed by atoms with Gasteiger partial charge in [0.2, 0.25) is 5.76 Å². The zero-order valence-electron chi connectivity index (χ0n) is 9.25. The van der Waals surface area contributed by atoms with Crippen LogP contribution < -0.4 is 0 Å². The first kappa shape index (κ1) is 12.8. The molecule has 0 unspecified atom stereocenters. The van der Waals surface area contributed by atoms with Crippen LogP contribution in [0.1, 0.15) is 5.56 Å². The molecule has 0 saturated carbocycles. The molecule has 5 nitrogen and oxygen atoms in total. The Morgan fingerprint density at radius 2 is 1.94 bits per heavy atom. The van der Waals surface area contributed by atoms with Crippen LogP contribution in [-0.2, 0) is 19.1 Å². The second-order valence-corrected chi connectivity index (χ2v) is 3.09. The van der Waals surface area contributed by atoms with Gasteiger partial charge >= 0.3 is 11.9 Å². The van der Waals surface area contributed by atoms with E-state index in [9.17, 15) is 9.59 Å². The van der Waals surface area contributed by atoms with E-state index in [1.54, 1.807) is 24.3 Å². The van der Waals surface area contributed by atoms with Crippen LogP contribution in [0.2, 0.25) is 0 Å². The average molecular weight is 236 g/mol. The van der Waals surface area contributed by atoms with Gasteiger partial charge in [0.15, 0.2) is 6.61 Å². The lowest BCUT2D eigenvalue weighted by Gasteiger charge is -2.06. The lowest BCUT2D eigenvalue weighted by atomic mass is 10.2. The number of ether oxygens (including phenoxy) is 2. The number of hydrogen-bond donors (Lipinski definition) is 1. The Labute approximate surface area is 98.3 Å². The van der Waals surface area contributed by atoms with E-state index in [0.717, 1.165) is 5.56 Å². The van der Waals surface area contributed by atoms with E-state index in [0.29, 0.717) is 0 Å². The molecule has 0 aliphatic rings. The van der Waals surface area contributed by atoms with Crippen molar-refractivity contribution in [2.24, 2.45) is 0 Å². The average Bonchev–Trinajstić information content (AvgIpc) is 2.34. The molecule has 0 bridgehead atoms. The lowest BCUT2D eigenvalue weighted by molar-refractivity contribution is -0.144. The van der Waals surface area contributed by atoms with E-state index in [-0.39, 0.29) is 5.76 Å². The van der Waals surface area contributed by atoms with Gasteiger partial charge in [-0.15, -0.1) is 0 Å². The van der Waals surface area contributed by atoms with E-state index in [1.807, 2.05) is 6.07 Å². The van der Waals surface area contributed by atoms with Crippen LogP contribution >= 0.6 is 0 Å². The summed E-state index contributed by atoms with van der Waals surface area (Å²) >= 11 is 0. The van der Waals surface area contributed by atoms with Gasteiger partial charge in [-0.2, -0.15) is 0 Å². The predicted octanol–water partition coefficient (Wildman–Crippen LogP) is 1.30. The maximum Gasteiger partial charge on any atom is 0.373 e. The summed E-state index contributed by atoms with van der Waals surface area (Å²) in [6.07, 6.45) is 1.43. The maximum absolute atomic E-state index is 11.3. The van der Waals surface area contributed by atoms with Crippen molar-refractivity contribution in [1.29, 1.82) is 0 Å². The maximum atomic E-state index is 11.3. The standard InChI is InChI=1S/C12H12O5/c1-16-12(15)10(17-8-11(13)14)7-9-5-3-2-4-6-9/h2-7H,8H2,1H3,(H,13,14)/b10-7-. The van der Waals surface area contributed by atoms with E-state index >= 15 is 0 Å². The second kappa shape index (κ2) is 6.32. The topological polar surface area (TPSA) is 72.8 Å². The van der Waals surface area contributed by atoms with Gasteiger partial charge < -0.3 is 14.6 Å². The highest BCUT2D eigenvalue weighted by Gasteiger charge is 2.12. The fourth-order valence-electron chi connectivity index (χ4n) is 1.10. The Morgan fingerprint density at radius 3 is 2.47 bits per heavy atom. The normalized spacial score (nSPS) is 10.8. The third kappa shape index (κ3) is 4.38. The Kier molecular flexibility index (Phi) is 4.75. The Hall–Kier alpha value is -2.30. The highest BCUT2D eigenvalue weighted by Crippen LogP contribution is 2.09. The Balaban J connectivity index is 2.86. The van der Waals surface area contributed by atoms with Crippen molar-refractivity contribution in [2.75, 3.05) is 13.7 Å². The zero-order valence-corrected chi connectivity index (χ0v) is 9.25. The van der Waals surface area contributed by atoms with Crippen LogP contribution in [0.3, 0.4) is 0 Å². The van der Waals surface area contributed by atoms with Gasteiger partial charge in [0.1, 0.15) is 0 Å². The molecule has 0 aliphatic heterocycles. The number of benzene rings is 1. The largest absolute Gasteiger partial charge is 0.479 e. The molecular weight excluding hydrogens is 224 g/mol. The molecule has 0 aromatic heterocycles. The molecule has 1 N–H and O–H groups in total. The first-order valence-electron chi connectivity index (χ1n) is 4.83. The van der Waals surface area contributed by atoms with Crippen LogP contribution in [0.4, 0.5) is 0 Å². The van der Waals surface area contributed by atoms with Crippen LogP contribution in [0.25, 0.3) is 6.08 Å². The molecule has 17 heavy (non-hydrogen) atoms. The summed E-state index contributed by atoms with van der Waals surface area (Å²) in [6.45, 7) is -0.590. The van der Waals surface area contributed by atoms with Crippen molar-refractivity contribution in [3.05, 3.63) is 41.7 Å². The third-order valence-electron chi connectivity index (χ3n) is 1.84. The van der Waals surface area contributed by atoms with Gasteiger partial charge in [0.05, 0.1) is 7.11 Å². The summed E-state index contributed by atoms with van der Waals surface area (Å²) < 4.78 is 9.34. The summed E-state index contributed by atoms with van der Waals surface area (Å²) in [5, 5.41) is 8.48. The first-order valence-corrected chi connectivity index (χ1v) is 4.83. The molecule has 5 heteroatoms. The van der Waals surface area contributed by atoms with Crippen molar-refractivity contribution >= 4 is 18.0 Å². The summed E-state index contributed by atoms with van der Waals surface area (Å²) in [7, 11) is 1.20. The predicted molar refractivity (Wildman–Crippen MR) is 60.0 cm³/mol. The molecule has 0 fully saturated rings. The van der Waals surface area contributed by atoms with Crippen molar-refractivity contribution in [3.63, 3.8) is 0 Å². The minimum Gasteiger partial charge on any atom is -0.479 e. The second-order valence-electron chi connectivity index (χ2n) is 3.09. The molecule has 0 saturated heterocycles. The van der Waals surface area contributed by atoms with Gasteiger partial charge in [0.25, 0.3) is 0 Å². The number of esters is 1. The fraction of sp³-hybridized carbons (Fsp3) is 0.167. The van der Waals surface area contributed by atoms with Crippen molar-refractivity contribution in [2.45, 2.75) is 0 Å². The van der Waals surface area contributed by atoms with E-state index in [4.69, 9.17) is 9.84 Å². The highest BCUT2D eigenvalue weighted by molar-refractivity contribution is 5.91. The Morgan fingerprint density at radius 1 is 1.29 bits per heavy atom. The number of methoxy groups -OCH3 is 1.